The zero-order chi connectivity index (χ0) is 21.1. The van der Waals surface area contributed by atoms with Gasteiger partial charge in [0.1, 0.15) is 17.6 Å². The zero-order valence-corrected chi connectivity index (χ0v) is 16.9. The molecule has 0 bridgehead atoms. The van der Waals surface area contributed by atoms with Crippen molar-refractivity contribution in [3.8, 4) is 11.3 Å². The third kappa shape index (κ3) is 4.32. The summed E-state index contributed by atoms with van der Waals surface area (Å²) in [6.07, 6.45) is 1.47. The molecule has 0 saturated carbocycles. The van der Waals surface area contributed by atoms with Crippen molar-refractivity contribution in [2.75, 3.05) is 6.61 Å². The van der Waals surface area contributed by atoms with E-state index in [1.807, 2.05) is 0 Å². The Balaban J connectivity index is 1.79. The third-order valence-corrected chi connectivity index (χ3v) is 5.20. The van der Waals surface area contributed by atoms with Crippen molar-refractivity contribution in [2.24, 2.45) is 0 Å². The van der Waals surface area contributed by atoms with E-state index in [-0.39, 0.29) is 17.3 Å². The standard InChI is InChI=1S/C21H19NO6S/c1-4-27-20(25)12(2)22-19(24)18(29-21(22)26)11-16-9-10-17(28-16)15-7-5-14(6-8-15)13(3)23/h5-12H,4H2,1-3H3/b18-11+. The van der Waals surface area contributed by atoms with Crippen molar-refractivity contribution >= 4 is 40.7 Å². The van der Waals surface area contributed by atoms with Gasteiger partial charge in [0.25, 0.3) is 11.1 Å². The van der Waals surface area contributed by atoms with E-state index in [2.05, 4.69) is 0 Å². The monoisotopic (exact) mass is 413 g/mol. The van der Waals surface area contributed by atoms with Gasteiger partial charge in [-0.05, 0) is 44.7 Å². The molecule has 3 rings (SSSR count). The first kappa shape index (κ1) is 20.6. The van der Waals surface area contributed by atoms with Gasteiger partial charge in [-0.3, -0.25) is 19.3 Å². The fraction of sp³-hybridized carbons (Fsp3) is 0.238. The van der Waals surface area contributed by atoms with Crippen LogP contribution in [0.1, 0.15) is 36.9 Å². The van der Waals surface area contributed by atoms with Crippen LogP contribution in [0.25, 0.3) is 17.4 Å². The number of benzene rings is 1. The normalized spacial score (nSPS) is 16.4. The van der Waals surface area contributed by atoms with Gasteiger partial charge in [-0.2, -0.15) is 0 Å². The van der Waals surface area contributed by atoms with Crippen LogP contribution in [0, 0.1) is 0 Å². The van der Waals surface area contributed by atoms with Crippen molar-refractivity contribution in [3.63, 3.8) is 0 Å². The third-order valence-electron chi connectivity index (χ3n) is 4.31. The summed E-state index contributed by atoms with van der Waals surface area (Å²) in [6.45, 7) is 4.76. The van der Waals surface area contributed by atoms with Gasteiger partial charge in [-0.1, -0.05) is 24.3 Å². The number of imide groups is 1. The second kappa shape index (κ2) is 8.48. The highest BCUT2D eigenvalue weighted by atomic mass is 32.2. The molecule has 1 unspecified atom stereocenters. The summed E-state index contributed by atoms with van der Waals surface area (Å²) in [7, 11) is 0. The Morgan fingerprint density at radius 1 is 1.17 bits per heavy atom. The molecule has 0 spiro atoms. The molecule has 29 heavy (non-hydrogen) atoms. The zero-order valence-electron chi connectivity index (χ0n) is 16.1. The van der Waals surface area contributed by atoms with Crippen molar-refractivity contribution in [1.82, 2.24) is 4.90 Å². The average molecular weight is 413 g/mol. The molecule has 1 aromatic carbocycles. The predicted octanol–water partition coefficient (Wildman–Crippen LogP) is 4.14. The van der Waals surface area contributed by atoms with Gasteiger partial charge in [-0.15, -0.1) is 0 Å². The van der Waals surface area contributed by atoms with E-state index in [9.17, 15) is 19.2 Å². The molecule has 2 aromatic rings. The molecule has 2 heterocycles. The van der Waals surface area contributed by atoms with Crippen molar-refractivity contribution < 1.29 is 28.3 Å². The van der Waals surface area contributed by atoms with Gasteiger partial charge in [0.05, 0.1) is 11.5 Å². The van der Waals surface area contributed by atoms with Crippen molar-refractivity contribution in [3.05, 3.63) is 52.6 Å². The Morgan fingerprint density at radius 2 is 1.86 bits per heavy atom. The van der Waals surface area contributed by atoms with Crippen LogP contribution in [0.15, 0.2) is 45.7 Å². The minimum absolute atomic E-state index is 0.0237. The first-order valence-corrected chi connectivity index (χ1v) is 9.78. The SMILES string of the molecule is CCOC(=O)C(C)N1C(=O)S/C(=C/c2ccc(-c3ccc(C(C)=O)cc3)o2)C1=O. The average Bonchev–Trinajstić information content (AvgIpc) is 3.26. The van der Waals surface area contributed by atoms with Gasteiger partial charge in [0, 0.05) is 17.2 Å². The molecule has 1 aromatic heterocycles. The Kier molecular flexibility index (Phi) is 6.03. The minimum atomic E-state index is -1.000. The maximum absolute atomic E-state index is 12.6. The number of hydrogen-bond donors (Lipinski definition) is 0. The summed E-state index contributed by atoms with van der Waals surface area (Å²) in [5.74, 6) is -0.269. The van der Waals surface area contributed by atoms with Crippen LogP contribution in [0.3, 0.4) is 0 Å². The lowest BCUT2D eigenvalue weighted by atomic mass is 10.1. The molecule has 1 saturated heterocycles. The highest BCUT2D eigenvalue weighted by Crippen LogP contribution is 2.34. The number of rotatable bonds is 6. The summed E-state index contributed by atoms with van der Waals surface area (Å²) in [5.41, 5.74) is 1.38. The number of carbonyl (C=O) groups is 4. The number of esters is 1. The highest BCUT2D eigenvalue weighted by Gasteiger charge is 2.41. The number of thioether (sulfide) groups is 1. The number of nitrogens with zero attached hydrogens (tertiary/aromatic N) is 1. The Morgan fingerprint density at radius 3 is 2.48 bits per heavy atom. The fourth-order valence-corrected chi connectivity index (χ4v) is 3.65. The molecule has 2 amide bonds. The van der Waals surface area contributed by atoms with Crippen LogP contribution in [0.4, 0.5) is 4.79 Å². The first-order valence-electron chi connectivity index (χ1n) is 8.96. The van der Waals surface area contributed by atoms with Crippen LogP contribution in [0.2, 0.25) is 0 Å². The number of ketones is 1. The number of ether oxygens (including phenoxy) is 1. The largest absolute Gasteiger partial charge is 0.464 e. The van der Waals surface area contributed by atoms with Crippen LogP contribution < -0.4 is 0 Å². The number of Topliss-reactive ketones (excluding diaryl/α,β-unsaturated/α-hetero) is 1. The molecule has 1 atom stereocenters. The molecule has 7 nitrogen and oxygen atoms in total. The van der Waals surface area contributed by atoms with E-state index >= 15 is 0 Å². The van der Waals surface area contributed by atoms with Gasteiger partial charge in [-0.25, -0.2) is 4.79 Å². The van der Waals surface area contributed by atoms with E-state index < -0.39 is 23.2 Å². The minimum Gasteiger partial charge on any atom is -0.464 e. The van der Waals surface area contributed by atoms with E-state index in [0.717, 1.165) is 22.2 Å². The smallest absolute Gasteiger partial charge is 0.329 e. The number of furan rings is 1. The highest BCUT2D eigenvalue weighted by molar-refractivity contribution is 8.18. The number of hydrogen-bond acceptors (Lipinski definition) is 7. The molecule has 0 radical (unpaired) electrons. The number of carbonyl (C=O) groups excluding carboxylic acids is 4. The summed E-state index contributed by atoms with van der Waals surface area (Å²) in [5, 5.41) is -0.534. The van der Waals surface area contributed by atoms with Crippen LogP contribution >= 0.6 is 11.8 Å². The van der Waals surface area contributed by atoms with Gasteiger partial charge >= 0.3 is 5.97 Å². The number of amides is 2. The maximum Gasteiger partial charge on any atom is 0.329 e. The first-order chi connectivity index (χ1) is 13.8. The van der Waals surface area contributed by atoms with Crippen LogP contribution in [-0.4, -0.2) is 40.4 Å². The van der Waals surface area contributed by atoms with Gasteiger partial charge < -0.3 is 9.15 Å². The quantitative estimate of drug-likeness (QED) is 0.399. The topological polar surface area (TPSA) is 93.9 Å². The van der Waals surface area contributed by atoms with Gasteiger partial charge in [0.15, 0.2) is 5.78 Å². The second-order valence-electron chi connectivity index (χ2n) is 6.32. The Bertz CT molecular complexity index is 1000. The van der Waals surface area contributed by atoms with E-state index in [0.29, 0.717) is 17.1 Å². The summed E-state index contributed by atoms with van der Waals surface area (Å²) >= 11 is 0.744. The van der Waals surface area contributed by atoms with Crippen molar-refractivity contribution in [1.29, 1.82) is 0 Å². The molecule has 1 fully saturated rings. The lowest BCUT2D eigenvalue weighted by Gasteiger charge is -2.19. The fourth-order valence-electron chi connectivity index (χ4n) is 2.77. The molecular weight excluding hydrogens is 394 g/mol. The lowest BCUT2D eigenvalue weighted by molar-refractivity contribution is -0.150. The molecule has 0 N–H and O–H groups in total. The summed E-state index contributed by atoms with van der Waals surface area (Å²) < 4.78 is 10.6. The maximum atomic E-state index is 12.6. The molecule has 8 heteroatoms. The Hall–Kier alpha value is -3.13. The summed E-state index contributed by atoms with van der Waals surface area (Å²) in [6, 6.07) is 9.38. The van der Waals surface area contributed by atoms with Crippen LogP contribution in [0.5, 0.6) is 0 Å². The van der Waals surface area contributed by atoms with Crippen LogP contribution in [-0.2, 0) is 14.3 Å². The molecule has 0 aliphatic carbocycles. The predicted molar refractivity (Wildman–Crippen MR) is 108 cm³/mol. The molecule has 1 aliphatic rings. The van der Waals surface area contributed by atoms with Crippen molar-refractivity contribution in [2.45, 2.75) is 26.8 Å². The van der Waals surface area contributed by atoms with E-state index in [1.165, 1.54) is 19.9 Å². The molecule has 1 aliphatic heterocycles. The Labute approximate surface area is 171 Å². The molecular formula is C21H19NO6S. The second-order valence-corrected chi connectivity index (χ2v) is 7.31. The van der Waals surface area contributed by atoms with E-state index in [1.54, 1.807) is 43.3 Å². The lowest BCUT2D eigenvalue weighted by Crippen LogP contribution is -2.42. The van der Waals surface area contributed by atoms with Gasteiger partial charge in [0.2, 0.25) is 0 Å². The summed E-state index contributed by atoms with van der Waals surface area (Å²) in [4.78, 5) is 49.1. The molecule has 150 valence electrons. The van der Waals surface area contributed by atoms with E-state index in [4.69, 9.17) is 9.15 Å².